The van der Waals surface area contributed by atoms with Gasteiger partial charge in [-0.05, 0) is 43.9 Å². The molecule has 2 N–H and O–H groups in total. The van der Waals surface area contributed by atoms with E-state index in [1.165, 1.54) is 4.90 Å². The van der Waals surface area contributed by atoms with Crippen molar-refractivity contribution in [3.05, 3.63) is 23.8 Å². The molecule has 29 heavy (non-hydrogen) atoms. The van der Waals surface area contributed by atoms with Gasteiger partial charge in [0.05, 0.1) is 6.04 Å². The van der Waals surface area contributed by atoms with Crippen LogP contribution in [0.4, 0.5) is 4.79 Å². The Morgan fingerprint density at radius 1 is 1.21 bits per heavy atom. The molecule has 3 aliphatic rings. The molecule has 0 bridgehead atoms. The topological polar surface area (TPSA) is 97.0 Å². The van der Waals surface area contributed by atoms with Gasteiger partial charge in [0.25, 0.3) is 5.91 Å². The molecule has 2 heterocycles. The highest BCUT2D eigenvalue weighted by Gasteiger charge is 2.52. The van der Waals surface area contributed by atoms with Crippen LogP contribution in [0.1, 0.15) is 57.1 Å². The third-order valence-electron chi connectivity index (χ3n) is 5.93. The highest BCUT2D eigenvalue weighted by atomic mass is 16.6. The van der Waals surface area contributed by atoms with Crippen LogP contribution in [0.2, 0.25) is 0 Å². The molecule has 1 unspecified atom stereocenters. The summed E-state index contributed by atoms with van der Waals surface area (Å²) in [6.45, 7) is 3.22. The van der Waals surface area contributed by atoms with Crippen molar-refractivity contribution in [2.75, 3.05) is 19.8 Å². The van der Waals surface area contributed by atoms with Crippen LogP contribution in [0.5, 0.6) is 11.5 Å². The van der Waals surface area contributed by atoms with E-state index in [0.29, 0.717) is 44.0 Å². The fourth-order valence-electron chi connectivity index (χ4n) is 4.32. The Morgan fingerprint density at radius 2 is 1.93 bits per heavy atom. The molecular weight excluding hydrogens is 374 g/mol. The molecule has 1 atom stereocenters. The second-order valence-corrected chi connectivity index (χ2v) is 7.97. The maximum Gasteiger partial charge on any atom is 0.325 e. The monoisotopic (exact) mass is 401 g/mol. The van der Waals surface area contributed by atoms with Crippen molar-refractivity contribution < 1.29 is 23.9 Å². The van der Waals surface area contributed by atoms with E-state index < -0.39 is 5.54 Å². The molecule has 1 aromatic rings. The lowest BCUT2D eigenvalue weighted by molar-refractivity contribution is -0.131. The zero-order valence-electron chi connectivity index (χ0n) is 16.7. The number of nitrogens with zero attached hydrogens (tertiary/aromatic N) is 1. The minimum absolute atomic E-state index is 0.116. The van der Waals surface area contributed by atoms with Gasteiger partial charge in [-0.1, -0.05) is 18.9 Å². The normalized spacial score (nSPS) is 20.7. The van der Waals surface area contributed by atoms with Gasteiger partial charge in [0.2, 0.25) is 5.91 Å². The summed E-state index contributed by atoms with van der Waals surface area (Å²) in [5.41, 5.74) is 0.242. The van der Waals surface area contributed by atoms with Crippen molar-refractivity contribution in [2.45, 2.75) is 57.0 Å². The number of nitrogens with one attached hydrogen (secondary N) is 2. The summed E-state index contributed by atoms with van der Waals surface area (Å²) in [6, 6.07) is 5.13. The van der Waals surface area contributed by atoms with Gasteiger partial charge in [0, 0.05) is 13.0 Å². The summed E-state index contributed by atoms with van der Waals surface area (Å²) in [6.07, 6.45) is 4.02. The number of urea groups is 1. The van der Waals surface area contributed by atoms with E-state index in [-0.39, 0.29) is 36.9 Å². The molecule has 8 heteroatoms. The molecule has 1 saturated heterocycles. The quantitative estimate of drug-likeness (QED) is 0.713. The molecule has 4 rings (SSSR count). The minimum atomic E-state index is -0.688. The first-order valence-corrected chi connectivity index (χ1v) is 10.3. The predicted octanol–water partition coefficient (Wildman–Crippen LogP) is 2.28. The van der Waals surface area contributed by atoms with E-state index in [1.807, 2.05) is 25.1 Å². The van der Waals surface area contributed by atoms with E-state index in [9.17, 15) is 14.4 Å². The highest BCUT2D eigenvalue weighted by Crippen LogP contribution is 2.35. The lowest BCUT2D eigenvalue weighted by Crippen LogP contribution is -2.44. The van der Waals surface area contributed by atoms with Gasteiger partial charge in [0.1, 0.15) is 18.8 Å². The number of ether oxygens (including phenoxy) is 2. The van der Waals surface area contributed by atoms with Gasteiger partial charge in [-0.15, -0.1) is 0 Å². The first kappa shape index (κ1) is 19.5. The van der Waals surface area contributed by atoms with E-state index >= 15 is 0 Å². The molecule has 2 aliphatic heterocycles. The van der Waals surface area contributed by atoms with Crippen molar-refractivity contribution >= 4 is 17.8 Å². The van der Waals surface area contributed by atoms with E-state index in [2.05, 4.69) is 10.6 Å². The van der Waals surface area contributed by atoms with Crippen LogP contribution in [-0.4, -0.2) is 48.0 Å². The molecule has 1 aromatic carbocycles. The zero-order valence-corrected chi connectivity index (χ0v) is 16.7. The minimum Gasteiger partial charge on any atom is -0.486 e. The number of amides is 4. The van der Waals surface area contributed by atoms with Crippen LogP contribution in [0.15, 0.2) is 18.2 Å². The molecular formula is C21H27N3O5. The Morgan fingerprint density at radius 3 is 2.69 bits per heavy atom. The van der Waals surface area contributed by atoms with Crippen molar-refractivity contribution in [1.82, 2.24) is 15.5 Å². The number of hydrogen-bond acceptors (Lipinski definition) is 5. The Hall–Kier alpha value is -2.77. The maximum absolute atomic E-state index is 12.6. The van der Waals surface area contributed by atoms with Crippen LogP contribution in [0.25, 0.3) is 0 Å². The molecule has 2 fully saturated rings. The number of hydrogen-bond donors (Lipinski definition) is 2. The summed E-state index contributed by atoms with van der Waals surface area (Å²) >= 11 is 0. The van der Waals surface area contributed by atoms with E-state index in [0.717, 1.165) is 18.4 Å². The van der Waals surface area contributed by atoms with Crippen molar-refractivity contribution in [2.24, 2.45) is 0 Å². The average Bonchev–Trinajstić information content (AvgIpc) is 3.27. The lowest BCUT2D eigenvalue weighted by Gasteiger charge is -2.21. The standard InChI is InChI=1S/C21H27N3O5/c1-14(15-6-7-16-17(13-15)29-12-11-28-16)22-18(25)5-4-10-24-19(26)21(23-20(24)27)8-2-3-9-21/h6-7,13-14H,2-5,8-12H2,1H3,(H,22,25)(H,23,27). The third-order valence-corrected chi connectivity index (χ3v) is 5.93. The largest absolute Gasteiger partial charge is 0.486 e. The van der Waals surface area contributed by atoms with Gasteiger partial charge in [0.15, 0.2) is 11.5 Å². The summed E-state index contributed by atoms with van der Waals surface area (Å²) in [7, 11) is 0. The van der Waals surface area contributed by atoms with Gasteiger partial charge in [-0.2, -0.15) is 0 Å². The SMILES string of the molecule is CC(NC(=O)CCCN1C(=O)NC2(CCCC2)C1=O)c1ccc2c(c1)OCCO2. The Labute approximate surface area is 169 Å². The molecule has 156 valence electrons. The molecule has 8 nitrogen and oxygen atoms in total. The average molecular weight is 401 g/mol. The summed E-state index contributed by atoms with van der Waals surface area (Å²) in [5.74, 6) is 1.15. The highest BCUT2D eigenvalue weighted by molar-refractivity contribution is 6.07. The number of fused-ring (bicyclic) bond motifs is 1. The van der Waals surface area contributed by atoms with Crippen molar-refractivity contribution in [3.63, 3.8) is 0 Å². The number of benzene rings is 1. The van der Waals surface area contributed by atoms with Crippen molar-refractivity contribution in [3.8, 4) is 11.5 Å². The van der Waals surface area contributed by atoms with E-state index in [4.69, 9.17) is 9.47 Å². The van der Waals surface area contributed by atoms with Gasteiger partial charge in [-0.25, -0.2) is 4.79 Å². The molecule has 1 saturated carbocycles. The third kappa shape index (κ3) is 3.88. The molecule has 1 spiro atoms. The van der Waals surface area contributed by atoms with Gasteiger partial charge >= 0.3 is 6.03 Å². The molecule has 0 aromatic heterocycles. The number of rotatable bonds is 6. The lowest BCUT2D eigenvalue weighted by atomic mass is 9.98. The fourth-order valence-corrected chi connectivity index (χ4v) is 4.32. The Kier molecular flexibility index (Phi) is 5.34. The number of imide groups is 1. The second kappa shape index (κ2) is 7.93. The van der Waals surface area contributed by atoms with Crippen LogP contribution in [0.3, 0.4) is 0 Å². The number of carbonyl (C=O) groups is 3. The first-order valence-electron chi connectivity index (χ1n) is 10.3. The van der Waals surface area contributed by atoms with Crippen LogP contribution < -0.4 is 20.1 Å². The molecule has 0 radical (unpaired) electrons. The van der Waals surface area contributed by atoms with Crippen LogP contribution >= 0.6 is 0 Å². The zero-order chi connectivity index (χ0) is 20.4. The summed E-state index contributed by atoms with van der Waals surface area (Å²) < 4.78 is 11.1. The second-order valence-electron chi connectivity index (χ2n) is 7.97. The smallest absolute Gasteiger partial charge is 0.325 e. The fraction of sp³-hybridized carbons (Fsp3) is 0.571. The maximum atomic E-state index is 12.6. The van der Waals surface area contributed by atoms with Gasteiger partial charge < -0.3 is 20.1 Å². The summed E-state index contributed by atoms with van der Waals surface area (Å²) in [4.78, 5) is 38.4. The summed E-state index contributed by atoms with van der Waals surface area (Å²) in [5, 5.41) is 5.82. The predicted molar refractivity (Wildman–Crippen MR) is 105 cm³/mol. The van der Waals surface area contributed by atoms with Crippen molar-refractivity contribution in [1.29, 1.82) is 0 Å². The van der Waals surface area contributed by atoms with E-state index in [1.54, 1.807) is 0 Å². The first-order chi connectivity index (χ1) is 14.0. The molecule has 1 aliphatic carbocycles. The van der Waals surface area contributed by atoms with Crippen LogP contribution in [-0.2, 0) is 9.59 Å². The molecule has 4 amide bonds. The Bertz CT molecular complexity index is 819. The number of carbonyl (C=O) groups excluding carboxylic acids is 3. The van der Waals surface area contributed by atoms with Crippen LogP contribution in [0, 0.1) is 0 Å². The Balaban J connectivity index is 1.26. The van der Waals surface area contributed by atoms with Gasteiger partial charge in [-0.3, -0.25) is 14.5 Å².